The van der Waals surface area contributed by atoms with E-state index in [1.54, 1.807) is 34.3 Å². The van der Waals surface area contributed by atoms with Crippen LogP contribution in [0.25, 0.3) is 0 Å². The van der Waals surface area contributed by atoms with Gasteiger partial charge in [0.15, 0.2) is 11.5 Å². The third-order valence-electron chi connectivity index (χ3n) is 7.77. The van der Waals surface area contributed by atoms with Crippen LogP contribution in [-0.4, -0.2) is 83.2 Å². The Kier molecular flexibility index (Phi) is 7.78. The van der Waals surface area contributed by atoms with Crippen molar-refractivity contribution in [1.29, 1.82) is 0 Å². The minimum absolute atomic E-state index is 0.0341. The second-order valence-corrected chi connectivity index (χ2v) is 10.1. The average molecular weight is 523 g/mol. The number of fused-ring (bicyclic) bond motifs is 1. The predicted octanol–water partition coefficient (Wildman–Crippen LogP) is 2.73. The van der Waals surface area contributed by atoms with Crippen LogP contribution in [0.2, 0.25) is 0 Å². The molecular weight excluding hydrogens is 488 g/mol. The molecule has 0 bridgehead atoms. The van der Waals surface area contributed by atoms with E-state index >= 15 is 0 Å². The molecule has 2 saturated heterocycles. The summed E-state index contributed by atoms with van der Waals surface area (Å²) in [7, 11) is 0. The van der Waals surface area contributed by atoms with Crippen molar-refractivity contribution in [2.75, 3.05) is 44.4 Å². The molecule has 0 unspecified atom stereocenters. The molecule has 2 aromatic rings. The number of hydrogen-bond donors (Lipinski definition) is 1. The number of benzene rings is 1. The van der Waals surface area contributed by atoms with E-state index in [0.29, 0.717) is 37.6 Å². The van der Waals surface area contributed by atoms with Gasteiger partial charge in [0.1, 0.15) is 0 Å². The van der Waals surface area contributed by atoms with Gasteiger partial charge in [0.2, 0.25) is 18.6 Å². The van der Waals surface area contributed by atoms with Gasteiger partial charge in [-0.1, -0.05) is 19.4 Å². The molecule has 202 valence electrons. The minimum Gasteiger partial charge on any atom is -0.481 e. The number of carboxylic acids is 1. The highest BCUT2D eigenvalue weighted by Gasteiger charge is 2.48. The molecule has 2 amide bonds. The van der Waals surface area contributed by atoms with Gasteiger partial charge in [0.25, 0.3) is 0 Å². The fraction of sp³-hybridized carbons (Fsp3) is 0.500. The number of anilines is 1. The Morgan fingerprint density at radius 1 is 1.21 bits per heavy atom. The molecule has 0 aliphatic carbocycles. The van der Waals surface area contributed by atoms with E-state index in [1.165, 1.54) is 0 Å². The number of likely N-dealkylation sites (tertiary alicyclic amines) is 2. The Labute approximate surface area is 222 Å². The van der Waals surface area contributed by atoms with E-state index in [9.17, 15) is 19.5 Å². The molecule has 0 radical (unpaired) electrons. The summed E-state index contributed by atoms with van der Waals surface area (Å²) >= 11 is 0. The molecule has 3 aliphatic rings. The Morgan fingerprint density at radius 2 is 2.05 bits per heavy atom. The van der Waals surface area contributed by atoms with Crippen LogP contribution >= 0.6 is 0 Å². The molecule has 1 N–H and O–H groups in total. The first-order chi connectivity index (χ1) is 18.5. The molecule has 4 heterocycles. The Balaban J connectivity index is 1.44. The number of ether oxygens (including phenoxy) is 2. The highest BCUT2D eigenvalue weighted by Crippen LogP contribution is 2.42. The second kappa shape index (κ2) is 11.4. The maximum absolute atomic E-state index is 13.7. The van der Waals surface area contributed by atoms with Gasteiger partial charge >= 0.3 is 5.97 Å². The zero-order valence-electron chi connectivity index (χ0n) is 21.6. The van der Waals surface area contributed by atoms with Gasteiger partial charge in [-0.3, -0.25) is 24.3 Å². The molecule has 10 heteroatoms. The summed E-state index contributed by atoms with van der Waals surface area (Å²) in [6, 6.07) is 8.68. The average Bonchev–Trinajstić information content (AvgIpc) is 3.64. The third kappa shape index (κ3) is 5.31. The van der Waals surface area contributed by atoms with Crippen molar-refractivity contribution in [3.63, 3.8) is 0 Å². The minimum atomic E-state index is -0.936. The highest BCUT2D eigenvalue weighted by atomic mass is 16.7. The lowest BCUT2D eigenvalue weighted by Crippen LogP contribution is -2.49. The second-order valence-electron chi connectivity index (χ2n) is 10.1. The maximum Gasteiger partial charge on any atom is 0.308 e. The standard InChI is InChI=1S/C28H34N4O6/c1-2-3-12-32(20-6-4-10-29-14-20)26(34)17-31-15-21(19-8-9-23-24(13-19)38-18-37-23)27(28(35)36)22(31)16-30-11-5-7-25(30)33/h4,6,8-10,13-14,21-22,27H,2-3,5,7,11-12,15-18H2,1H3,(H,35,36)/t21-,22+,27-/m1/s1. The monoisotopic (exact) mass is 522 g/mol. The summed E-state index contributed by atoms with van der Waals surface area (Å²) in [6.45, 7) is 4.08. The number of nitrogens with zero attached hydrogens (tertiary/aromatic N) is 4. The molecule has 1 aromatic carbocycles. The zero-order valence-corrected chi connectivity index (χ0v) is 21.6. The molecule has 0 saturated carbocycles. The van der Waals surface area contributed by atoms with Crippen LogP contribution in [-0.2, 0) is 14.4 Å². The van der Waals surface area contributed by atoms with Crippen molar-refractivity contribution in [2.45, 2.75) is 44.6 Å². The Morgan fingerprint density at radius 3 is 2.76 bits per heavy atom. The van der Waals surface area contributed by atoms with Crippen molar-refractivity contribution in [3.05, 3.63) is 48.3 Å². The van der Waals surface area contributed by atoms with Crippen LogP contribution in [0.4, 0.5) is 5.69 Å². The number of hydrogen-bond acceptors (Lipinski definition) is 7. The maximum atomic E-state index is 13.7. The first-order valence-corrected chi connectivity index (χ1v) is 13.3. The summed E-state index contributed by atoms with van der Waals surface area (Å²) in [5.41, 5.74) is 1.54. The van der Waals surface area contributed by atoms with Gasteiger partial charge in [0, 0.05) is 50.8 Å². The van der Waals surface area contributed by atoms with Gasteiger partial charge in [-0.2, -0.15) is 0 Å². The van der Waals surface area contributed by atoms with E-state index in [-0.39, 0.29) is 37.6 Å². The Hall–Kier alpha value is -3.66. The van der Waals surface area contributed by atoms with Crippen molar-refractivity contribution in [2.24, 2.45) is 5.92 Å². The van der Waals surface area contributed by atoms with Crippen molar-refractivity contribution in [1.82, 2.24) is 14.8 Å². The van der Waals surface area contributed by atoms with E-state index in [0.717, 1.165) is 30.5 Å². The van der Waals surface area contributed by atoms with Gasteiger partial charge in [0.05, 0.1) is 24.3 Å². The number of rotatable bonds is 10. The van der Waals surface area contributed by atoms with Crippen LogP contribution in [0, 0.1) is 5.92 Å². The molecule has 10 nitrogen and oxygen atoms in total. The summed E-state index contributed by atoms with van der Waals surface area (Å²) in [6.07, 6.45) is 6.35. The molecule has 0 spiro atoms. The fourth-order valence-electron chi connectivity index (χ4n) is 5.81. The van der Waals surface area contributed by atoms with E-state index in [4.69, 9.17) is 9.47 Å². The summed E-state index contributed by atoms with van der Waals surface area (Å²) in [4.78, 5) is 48.6. The number of amides is 2. The van der Waals surface area contributed by atoms with Crippen molar-refractivity contribution < 1.29 is 29.0 Å². The first-order valence-electron chi connectivity index (χ1n) is 13.3. The quantitative estimate of drug-likeness (QED) is 0.507. The molecular formula is C28H34N4O6. The molecule has 5 rings (SSSR count). The van der Waals surface area contributed by atoms with Gasteiger partial charge in [-0.15, -0.1) is 0 Å². The van der Waals surface area contributed by atoms with Crippen LogP contribution in [0.3, 0.4) is 0 Å². The largest absolute Gasteiger partial charge is 0.481 e. The van der Waals surface area contributed by atoms with Crippen LogP contribution < -0.4 is 14.4 Å². The highest BCUT2D eigenvalue weighted by molar-refractivity contribution is 5.94. The lowest BCUT2D eigenvalue weighted by atomic mass is 9.85. The van der Waals surface area contributed by atoms with E-state index < -0.39 is 17.9 Å². The smallest absolute Gasteiger partial charge is 0.308 e. The van der Waals surface area contributed by atoms with Crippen molar-refractivity contribution >= 4 is 23.5 Å². The normalized spacial score (nSPS) is 22.7. The molecule has 38 heavy (non-hydrogen) atoms. The molecule has 3 aliphatic heterocycles. The summed E-state index contributed by atoms with van der Waals surface area (Å²) < 4.78 is 11.0. The van der Waals surface area contributed by atoms with E-state index in [1.807, 2.05) is 23.1 Å². The Bertz CT molecular complexity index is 1180. The van der Waals surface area contributed by atoms with Gasteiger partial charge < -0.3 is 24.4 Å². The summed E-state index contributed by atoms with van der Waals surface area (Å²) in [5, 5.41) is 10.4. The number of unbranched alkanes of at least 4 members (excludes halogenated alkanes) is 1. The molecule has 3 atom stereocenters. The zero-order chi connectivity index (χ0) is 26.6. The van der Waals surface area contributed by atoms with Crippen LogP contribution in [0.1, 0.15) is 44.1 Å². The fourth-order valence-corrected chi connectivity index (χ4v) is 5.81. The van der Waals surface area contributed by atoms with Crippen LogP contribution in [0.15, 0.2) is 42.7 Å². The lowest BCUT2D eigenvalue weighted by molar-refractivity contribution is -0.144. The van der Waals surface area contributed by atoms with Gasteiger partial charge in [-0.05, 0) is 42.7 Å². The number of carbonyl (C=O) groups excluding carboxylic acids is 2. The first kappa shape index (κ1) is 26.0. The SMILES string of the molecule is CCCCN(C(=O)CN1C[C@H](c2ccc3c(c2)OCO3)[C@@H](C(=O)O)[C@@H]1CN1CCCC1=O)c1cccnc1. The van der Waals surface area contributed by atoms with Crippen molar-refractivity contribution in [3.8, 4) is 11.5 Å². The number of carbonyl (C=O) groups is 3. The predicted molar refractivity (Wildman–Crippen MR) is 139 cm³/mol. The van der Waals surface area contributed by atoms with Gasteiger partial charge in [-0.25, -0.2) is 0 Å². The lowest BCUT2D eigenvalue weighted by Gasteiger charge is -2.32. The van der Waals surface area contributed by atoms with E-state index in [2.05, 4.69) is 11.9 Å². The topological polar surface area (TPSA) is 113 Å². The number of aromatic nitrogens is 1. The molecule has 1 aromatic heterocycles. The molecule has 2 fully saturated rings. The number of carboxylic acid groups (broad SMARTS) is 1. The number of aliphatic carboxylic acids is 1. The summed E-state index contributed by atoms with van der Waals surface area (Å²) in [5.74, 6) is -0.956. The van der Waals surface area contributed by atoms with Crippen LogP contribution in [0.5, 0.6) is 11.5 Å². The third-order valence-corrected chi connectivity index (χ3v) is 7.77. The number of pyridine rings is 1.